The van der Waals surface area contributed by atoms with Gasteiger partial charge in [-0.15, -0.1) is 0 Å². The molecule has 0 spiro atoms. The number of rotatable bonds is 5. The smallest absolute Gasteiger partial charge is 0.412 e. The summed E-state index contributed by atoms with van der Waals surface area (Å²) in [4.78, 5) is 11.9. The highest BCUT2D eigenvalue weighted by Gasteiger charge is 2.20. The van der Waals surface area contributed by atoms with Gasteiger partial charge in [-0.2, -0.15) is 0 Å². The third kappa shape index (κ3) is 5.33. The molecule has 0 saturated heterocycles. The molecule has 2 aromatic carbocycles. The first-order chi connectivity index (χ1) is 11.9. The third-order valence-electron chi connectivity index (χ3n) is 4.02. The Balaban J connectivity index is 1.68. The van der Waals surface area contributed by atoms with Crippen LogP contribution in [0.3, 0.4) is 0 Å². The second-order valence-electron chi connectivity index (χ2n) is 7.52. The predicted octanol–water partition coefficient (Wildman–Crippen LogP) is 4.95. The molecule has 0 radical (unpaired) electrons. The second-order valence-corrected chi connectivity index (χ2v) is 7.52. The molecular formula is C21H26N2O2. The third-order valence-corrected chi connectivity index (χ3v) is 4.02. The van der Waals surface area contributed by atoms with E-state index in [1.54, 1.807) is 0 Å². The lowest BCUT2D eigenvalue weighted by Gasteiger charge is -2.19. The molecule has 1 amide bonds. The first kappa shape index (κ1) is 17.5. The van der Waals surface area contributed by atoms with Crippen molar-refractivity contribution in [1.29, 1.82) is 0 Å². The molecule has 0 aromatic heterocycles. The zero-order valence-corrected chi connectivity index (χ0v) is 15.1. The summed E-state index contributed by atoms with van der Waals surface area (Å²) < 4.78 is 5.28. The van der Waals surface area contributed by atoms with Crippen molar-refractivity contribution in [3.8, 4) is 11.1 Å². The maximum atomic E-state index is 11.9. The van der Waals surface area contributed by atoms with Gasteiger partial charge in [-0.1, -0.05) is 36.4 Å². The summed E-state index contributed by atoms with van der Waals surface area (Å²) in [7, 11) is 0. The van der Waals surface area contributed by atoms with Gasteiger partial charge in [-0.05, 0) is 62.4 Å². The van der Waals surface area contributed by atoms with Crippen LogP contribution in [0.1, 0.15) is 39.2 Å². The van der Waals surface area contributed by atoms with Crippen molar-refractivity contribution in [2.24, 2.45) is 0 Å². The predicted molar refractivity (Wildman–Crippen MR) is 102 cm³/mol. The standard InChI is InChI=1S/C21H26N2O2/c1-21(2,3)25-20(24)23-18-10-8-15(9-11-18)19-7-5-4-6-16(19)14-22-17-12-13-17/h4-11,17,22H,12-14H2,1-3H3,(H,23,24). The van der Waals surface area contributed by atoms with E-state index >= 15 is 0 Å². The molecule has 25 heavy (non-hydrogen) atoms. The van der Waals surface area contributed by atoms with Gasteiger partial charge in [-0.25, -0.2) is 4.79 Å². The lowest BCUT2D eigenvalue weighted by Crippen LogP contribution is -2.27. The molecule has 4 heteroatoms. The number of hydrogen-bond acceptors (Lipinski definition) is 3. The van der Waals surface area contributed by atoms with E-state index in [4.69, 9.17) is 4.74 Å². The molecule has 2 aromatic rings. The minimum absolute atomic E-state index is 0.436. The second kappa shape index (κ2) is 7.28. The highest BCUT2D eigenvalue weighted by atomic mass is 16.6. The molecule has 0 bridgehead atoms. The number of amides is 1. The molecule has 2 N–H and O–H groups in total. The summed E-state index contributed by atoms with van der Waals surface area (Å²) in [5.41, 5.74) is 3.88. The zero-order chi connectivity index (χ0) is 17.9. The molecule has 1 aliphatic rings. The van der Waals surface area contributed by atoms with Crippen LogP contribution in [0.15, 0.2) is 48.5 Å². The van der Waals surface area contributed by atoms with E-state index < -0.39 is 11.7 Å². The Morgan fingerprint density at radius 2 is 1.76 bits per heavy atom. The molecule has 1 aliphatic carbocycles. The SMILES string of the molecule is CC(C)(C)OC(=O)Nc1ccc(-c2ccccc2CNC2CC2)cc1. The van der Waals surface area contributed by atoms with E-state index in [1.165, 1.54) is 24.0 Å². The number of hydrogen-bond donors (Lipinski definition) is 2. The average molecular weight is 338 g/mol. The summed E-state index contributed by atoms with van der Waals surface area (Å²) in [6, 6.07) is 17.0. The fourth-order valence-corrected chi connectivity index (χ4v) is 2.65. The Morgan fingerprint density at radius 3 is 2.40 bits per heavy atom. The van der Waals surface area contributed by atoms with Gasteiger partial charge >= 0.3 is 6.09 Å². The number of nitrogens with one attached hydrogen (secondary N) is 2. The minimum atomic E-state index is -0.502. The molecule has 0 atom stereocenters. The number of ether oxygens (including phenoxy) is 1. The first-order valence-corrected chi connectivity index (χ1v) is 8.82. The summed E-state index contributed by atoms with van der Waals surface area (Å²) in [6.45, 7) is 6.44. The molecular weight excluding hydrogens is 312 g/mol. The normalized spacial score (nSPS) is 14.2. The van der Waals surface area contributed by atoms with Crippen molar-refractivity contribution >= 4 is 11.8 Å². The van der Waals surface area contributed by atoms with Crippen LogP contribution < -0.4 is 10.6 Å². The topological polar surface area (TPSA) is 50.4 Å². The van der Waals surface area contributed by atoms with Crippen LogP contribution in [0.25, 0.3) is 11.1 Å². The molecule has 132 valence electrons. The number of carbonyl (C=O) groups is 1. The van der Waals surface area contributed by atoms with E-state index in [2.05, 4.69) is 34.9 Å². The van der Waals surface area contributed by atoms with Gasteiger partial charge in [0.2, 0.25) is 0 Å². The Morgan fingerprint density at radius 1 is 1.08 bits per heavy atom. The molecule has 1 saturated carbocycles. The molecule has 0 aliphatic heterocycles. The Kier molecular flexibility index (Phi) is 5.09. The van der Waals surface area contributed by atoms with Crippen molar-refractivity contribution in [3.05, 3.63) is 54.1 Å². The van der Waals surface area contributed by atoms with E-state index in [-0.39, 0.29) is 0 Å². The van der Waals surface area contributed by atoms with Crippen molar-refractivity contribution < 1.29 is 9.53 Å². The Hall–Kier alpha value is -2.33. The number of benzene rings is 2. The first-order valence-electron chi connectivity index (χ1n) is 8.82. The van der Waals surface area contributed by atoms with Crippen molar-refractivity contribution in [2.45, 2.75) is 51.8 Å². The van der Waals surface area contributed by atoms with Gasteiger partial charge in [0, 0.05) is 18.3 Å². The average Bonchev–Trinajstić information content (AvgIpc) is 3.36. The lowest BCUT2D eigenvalue weighted by atomic mass is 9.99. The fourth-order valence-electron chi connectivity index (χ4n) is 2.65. The van der Waals surface area contributed by atoms with Gasteiger partial charge in [0.05, 0.1) is 0 Å². The monoisotopic (exact) mass is 338 g/mol. The maximum absolute atomic E-state index is 11.9. The summed E-state index contributed by atoms with van der Waals surface area (Å²) in [5, 5.41) is 6.34. The number of carbonyl (C=O) groups excluding carboxylic acids is 1. The van der Waals surface area contributed by atoms with Gasteiger partial charge in [-0.3, -0.25) is 5.32 Å². The Labute approximate surface area is 149 Å². The summed E-state index contributed by atoms with van der Waals surface area (Å²) >= 11 is 0. The van der Waals surface area contributed by atoms with E-state index in [9.17, 15) is 4.79 Å². The van der Waals surface area contributed by atoms with Crippen LogP contribution in [0, 0.1) is 0 Å². The van der Waals surface area contributed by atoms with E-state index in [0.29, 0.717) is 6.04 Å². The van der Waals surface area contributed by atoms with E-state index in [0.717, 1.165) is 17.8 Å². The van der Waals surface area contributed by atoms with Gasteiger partial charge in [0.15, 0.2) is 0 Å². The fraction of sp³-hybridized carbons (Fsp3) is 0.381. The van der Waals surface area contributed by atoms with Crippen LogP contribution in [0.2, 0.25) is 0 Å². The maximum Gasteiger partial charge on any atom is 0.412 e. The molecule has 4 nitrogen and oxygen atoms in total. The van der Waals surface area contributed by atoms with Crippen LogP contribution in [-0.4, -0.2) is 17.7 Å². The van der Waals surface area contributed by atoms with E-state index in [1.807, 2.05) is 45.0 Å². The minimum Gasteiger partial charge on any atom is -0.444 e. The quantitative estimate of drug-likeness (QED) is 0.811. The lowest BCUT2D eigenvalue weighted by molar-refractivity contribution is 0.0636. The van der Waals surface area contributed by atoms with Crippen LogP contribution >= 0.6 is 0 Å². The van der Waals surface area contributed by atoms with Crippen LogP contribution in [0.5, 0.6) is 0 Å². The van der Waals surface area contributed by atoms with Gasteiger partial charge in [0.25, 0.3) is 0 Å². The van der Waals surface area contributed by atoms with Crippen molar-refractivity contribution in [2.75, 3.05) is 5.32 Å². The van der Waals surface area contributed by atoms with Gasteiger partial charge in [0.1, 0.15) is 5.60 Å². The summed E-state index contributed by atoms with van der Waals surface area (Å²) in [5.74, 6) is 0. The highest BCUT2D eigenvalue weighted by molar-refractivity contribution is 5.85. The van der Waals surface area contributed by atoms with Gasteiger partial charge < -0.3 is 10.1 Å². The van der Waals surface area contributed by atoms with Crippen LogP contribution in [-0.2, 0) is 11.3 Å². The van der Waals surface area contributed by atoms with Crippen molar-refractivity contribution in [1.82, 2.24) is 5.32 Å². The highest BCUT2D eigenvalue weighted by Crippen LogP contribution is 2.27. The molecule has 3 rings (SSSR count). The van der Waals surface area contributed by atoms with Crippen LogP contribution in [0.4, 0.5) is 10.5 Å². The molecule has 1 fully saturated rings. The Bertz CT molecular complexity index is 728. The largest absolute Gasteiger partial charge is 0.444 e. The summed E-state index contributed by atoms with van der Waals surface area (Å²) in [6.07, 6.45) is 2.13. The molecule has 0 heterocycles. The number of anilines is 1. The zero-order valence-electron chi connectivity index (χ0n) is 15.1. The van der Waals surface area contributed by atoms with Crippen molar-refractivity contribution in [3.63, 3.8) is 0 Å². The molecule has 0 unspecified atom stereocenters.